The molecule has 0 bridgehead atoms. The molecular formula is C14H18BrNO3. The average molecular weight is 328 g/mol. The predicted octanol–water partition coefficient (Wildman–Crippen LogP) is 2.53. The number of phenols is 1. The molecular weight excluding hydrogens is 310 g/mol. The molecule has 2 N–H and O–H groups in total. The Labute approximate surface area is 121 Å². The predicted molar refractivity (Wildman–Crippen MR) is 76.2 cm³/mol. The Morgan fingerprint density at radius 2 is 2.16 bits per heavy atom. The van der Waals surface area contributed by atoms with E-state index in [2.05, 4.69) is 15.9 Å². The van der Waals surface area contributed by atoms with Gasteiger partial charge in [-0.25, -0.2) is 0 Å². The monoisotopic (exact) mass is 327 g/mol. The van der Waals surface area contributed by atoms with Crippen molar-refractivity contribution in [2.75, 3.05) is 6.54 Å². The Kier molecular flexibility index (Phi) is 3.87. The number of rotatable bonds is 2. The number of hydrogen-bond donors (Lipinski definition) is 2. The summed E-state index contributed by atoms with van der Waals surface area (Å²) in [5.74, 6) is -0.268. The van der Waals surface area contributed by atoms with Gasteiger partial charge in [0.1, 0.15) is 5.75 Å². The number of carbonyl (C=O) groups excluding carboxylic acids is 1. The van der Waals surface area contributed by atoms with Crippen LogP contribution < -0.4 is 0 Å². The minimum absolute atomic E-state index is 0.0410. The number of halogens is 1. The fourth-order valence-corrected chi connectivity index (χ4v) is 2.93. The Morgan fingerprint density at radius 3 is 2.74 bits per heavy atom. The number of phenolic OH excluding ortho intramolecular Hbond substituents is 1. The molecule has 0 saturated carbocycles. The van der Waals surface area contributed by atoms with Crippen molar-refractivity contribution in [1.82, 2.24) is 4.90 Å². The first-order chi connectivity index (χ1) is 8.80. The number of amides is 1. The van der Waals surface area contributed by atoms with E-state index >= 15 is 0 Å². The van der Waals surface area contributed by atoms with Crippen LogP contribution in [-0.4, -0.2) is 39.2 Å². The topological polar surface area (TPSA) is 60.8 Å². The van der Waals surface area contributed by atoms with E-state index in [1.165, 1.54) is 6.07 Å². The van der Waals surface area contributed by atoms with Gasteiger partial charge in [-0.1, -0.05) is 15.9 Å². The molecule has 1 fully saturated rings. The van der Waals surface area contributed by atoms with Crippen LogP contribution in [0.15, 0.2) is 22.7 Å². The number of hydrogen-bond acceptors (Lipinski definition) is 3. The molecule has 104 valence electrons. The third-order valence-corrected chi connectivity index (χ3v) is 4.01. The lowest BCUT2D eigenvalue weighted by molar-refractivity contribution is 0.000223. The van der Waals surface area contributed by atoms with Gasteiger partial charge in [-0.15, -0.1) is 0 Å². The number of benzene rings is 1. The zero-order valence-electron chi connectivity index (χ0n) is 11.1. The lowest BCUT2D eigenvalue weighted by Gasteiger charge is -2.34. The smallest absolute Gasteiger partial charge is 0.257 e. The number of aliphatic hydroxyl groups is 1. The largest absolute Gasteiger partial charge is 0.507 e. The van der Waals surface area contributed by atoms with Crippen LogP contribution in [0.25, 0.3) is 0 Å². The normalized spacial score (nSPS) is 19.8. The molecule has 1 aliphatic heterocycles. The van der Waals surface area contributed by atoms with Gasteiger partial charge in [-0.3, -0.25) is 4.79 Å². The van der Waals surface area contributed by atoms with E-state index in [9.17, 15) is 15.0 Å². The number of likely N-dealkylation sites (tertiary alicyclic amines) is 1. The van der Waals surface area contributed by atoms with Gasteiger partial charge >= 0.3 is 0 Å². The van der Waals surface area contributed by atoms with Gasteiger partial charge in [-0.2, -0.15) is 0 Å². The summed E-state index contributed by atoms with van der Waals surface area (Å²) >= 11 is 3.25. The van der Waals surface area contributed by atoms with Gasteiger partial charge < -0.3 is 15.1 Å². The van der Waals surface area contributed by atoms with Crippen molar-refractivity contribution in [2.24, 2.45) is 0 Å². The van der Waals surface area contributed by atoms with Crippen LogP contribution in [0.2, 0.25) is 0 Å². The van der Waals surface area contributed by atoms with Crippen molar-refractivity contribution in [2.45, 2.75) is 38.3 Å². The molecule has 1 atom stereocenters. The van der Waals surface area contributed by atoms with E-state index < -0.39 is 5.60 Å². The van der Waals surface area contributed by atoms with Crippen molar-refractivity contribution in [3.8, 4) is 5.75 Å². The highest BCUT2D eigenvalue weighted by atomic mass is 79.9. The Balaban J connectivity index is 2.28. The molecule has 0 spiro atoms. The molecule has 0 aromatic heterocycles. The Morgan fingerprint density at radius 1 is 1.47 bits per heavy atom. The minimum atomic E-state index is -0.933. The molecule has 2 rings (SSSR count). The van der Waals surface area contributed by atoms with Gasteiger partial charge in [0, 0.05) is 11.0 Å². The van der Waals surface area contributed by atoms with E-state index in [0.717, 1.165) is 17.3 Å². The first-order valence-corrected chi connectivity index (χ1v) is 7.12. The second kappa shape index (κ2) is 5.13. The van der Waals surface area contributed by atoms with Gasteiger partial charge in [-0.05, 0) is 44.9 Å². The highest BCUT2D eigenvalue weighted by Gasteiger charge is 2.39. The zero-order chi connectivity index (χ0) is 14.2. The third-order valence-electron chi connectivity index (χ3n) is 3.52. The molecule has 1 aromatic rings. The summed E-state index contributed by atoms with van der Waals surface area (Å²) in [6, 6.07) is 4.62. The molecule has 5 heteroatoms. The maximum atomic E-state index is 12.5. The number of aromatic hydroxyl groups is 1. The molecule has 19 heavy (non-hydrogen) atoms. The zero-order valence-corrected chi connectivity index (χ0v) is 12.6. The quantitative estimate of drug-likeness (QED) is 0.877. The van der Waals surface area contributed by atoms with Crippen LogP contribution >= 0.6 is 15.9 Å². The van der Waals surface area contributed by atoms with Gasteiger partial charge in [0.15, 0.2) is 0 Å². The van der Waals surface area contributed by atoms with Crippen LogP contribution in [0, 0.1) is 0 Å². The Hall–Kier alpha value is -1.07. The molecule has 1 saturated heterocycles. The molecule has 1 amide bonds. The van der Waals surface area contributed by atoms with Gasteiger partial charge in [0.2, 0.25) is 0 Å². The molecule has 4 nitrogen and oxygen atoms in total. The van der Waals surface area contributed by atoms with Crippen LogP contribution in [0.3, 0.4) is 0 Å². The summed E-state index contributed by atoms with van der Waals surface area (Å²) in [7, 11) is 0. The van der Waals surface area contributed by atoms with Crippen LogP contribution in [0.1, 0.15) is 37.0 Å². The fourth-order valence-electron chi connectivity index (χ4n) is 2.58. The van der Waals surface area contributed by atoms with E-state index in [4.69, 9.17) is 0 Å². The first-order valence-electron chi connectivity index (χ1n) is 6.32. The van der Waals surface area contributed by atoms with E-state index in [1.807, 2.05) is 0 Å². The van der Waals surface area contributed by atoms with Crippen molar-refractivity contribution in [1.29, 1.82) is 0 Å². The summed E-state index contributed by atoms with van der Waals surface area (Å²) in [5.41, 5.74) is -0.656. The Bertz CT molecular complexity index is 496. The van der Waals surface area contributed by atoms with Gasteiger partial charge in [0.25, 0.3) is 5.91 Å². The first kappa shape index (κ1) is 14.3. The van der Waals surface area contributed by atoms with E-state index in [1.54, 1.807) is 30.9 Å². The van der Waals surface area contributed by atoms with Crippen molar-refractivity contribution in [3.05, 3.63) is 28.2 Å². The van der Waals surface area contributed by atoms with Gasteiger partial charge in [0.05, 0.1) is 17.2 Å². The maximum absolute atomic E-state index is 12.5. The molecule has 0 aliphatic carbocycles. The lowest BCUT2D eigenvalue weighted by Crippen LogP contribution is -2.48. The minimum Gasteiger partial charge on any atom is -0.507 e. The van der Waals surface area contributed by atoms with E-state index in [0.29, 0.717) is 6.54 Å². The van der Waals surface area contributed by atoms with Crippen LogP contribution in [-0.2, 0) is 0 Å². The number of carbonyl (C=O) groups is 1. The molecule has 1 unspecified atom stereocenters. The molecule has 1 aromatic carbocycles. The fraction of sp³-hybridized carbons (Fsp3) is 0.500. The van der Waals surface area contributed by atoms with Crippen molar-refractivity contribution in [3.63, 3.8) is 0 Å². The van der Waals surface area contributed by atoms with E-state index in [-0.39, 0.29) is 23.3 Å². The second-order valence-corrected chi connectivity index (χ2v) is 6.39. The molecule has 0 radical (unpaired) electrons. The maximum Gasteiger partial charge on any atom is 0.257 e. The molecule has 1 aliphatic rings. The second-order valence-electron chi connectivity index (χ2n) is 5.47. The van der Waals surface area contributed by atoms with Crippen molar-refractivity contribution < 1.29 is 15.0 Å². The number of nitrogens with zero attached hydrogens (tertiary/aromatic N) is 1. The highest BCUT2D eigenvalue weighted by molar-refractivity contribution is 9.10. The third kappa shape index (κ3) is 2.92. The lowest BCUT2D eigenvalue weighted by atomic mass is 9.96. The summed E-state index contributed by atoms with van der Waals surface area (Å²) in [5, 5.41) is 20.0. The summed E-state index contributed by atoms with van der Waals surface area (Å²) in [4.78, 5) is 14.1. The van der Waals surface area contributed by atoms with Crippen LogP contribution in [0.4, 0.5) is 0 Å². The summed E-state index contributed by atoms with van der Waals surface area (Å²) in [6.07, 6.45) is 1.66. The standard InChI is InChI=1S/C14H18BrNO3/c1-14(2,19)12-4-3-7-16(12)13(18)10-6-5-9(15)8-11(10)17/h5-6,8,12,17,19H,3-4,7H2,1-2H3. The molecule has 1 heterocycles. The van der Waals surface area contributed by atoms with Crippen LogP contribution in [0.5, 0.6) is 5.75 Å². The van der Waals surface area contributed by atoms with Crippen molar-refractivity contribution >= 4 is 21.8 Å². The average Bonchev–Trinajstić information content (AvgIpc) is 2.76. The summed E-state index contributed by atoms with van der Waals surface area (Å²) in [6.45, 7) is 4.04. The highest BCUT2D eigenvalue weighted by Crippen LogP contribution is 2.31. The SMILES string of the molecule is CC(C)(O)C1CCCN1C(=O)c1ccc(Br)cc1O. The summed E-state index contributed by atoms with van der Waals surface area (Å²) < 4.78 is 0.724.